The summed E-state index contributed by atoms with van der Waals surface area (Å²) in [5.74, 6) is -0.463. The van der Waals surface area contributed by atoms with Crippen LogP contribution in [-0.2, 0) is 4.79 Å². The Morgan fingerprint density at radius 3 is 2.11 bits per heavy atom. The van der Waals surface area contributed by atoms with Crippen LogP contribution in [0.25, 0.3) is 0 Å². The molecule has 0 saturated heterocycles. The van der Waals surface area contributed by atoms with E-state index >= 15 is 0 Å². The second kappa shape index (κ2) is 7.49. The second-order valence-electron chi connectivity index (χ2n) is 4.96. The summed E-state index contributed by atoms with van der Waals surface area (Å²) in [4.78, 5) is 12.0. The molecule has 0 rings (SSSR count). The van der Waals surface area contributed by atoms with E-state index in [-0.39, 0.29) is 11.7 Å². The normalized spacial score (nSPS) is 16.1. The van der Waals surface area contributed by atoms with Crippen LogP contribution in [0, 0.1) is 11.3 Å². The van der Waals surface area contributed by atoms with Crippen LogP contribution in [0.3, 0.4) is 0 Å². The van der Waals surface area contributed by atoms with Gasteiger partial charge in [0.2, 0.25) is 6.43 Å². The number of hydrogen-bond acceptors (Lipinski definition) is 2. The number of carbonyl (C=O) groups is 1. The molecular weight excluding hydrogens is 238 g/mol. The number of ketones is 1. The monoisotopic (exact) mass is 262 g/mol. The molecule has 0 heterocycles. The lowest BCUT2D eigenvalue weighted by molar-refractivity contribution is -0.125. The van der Waals surface area contributed by atoms with Gasteiger partial charge in [0.25, 0.3) is 0 Å². The van der Waals surface area contributed by atoms with E-state index in [0.29, 0.717) is 6.42 Å². The molecule has 4 heteroatoms. The Balaban J connectivity index is 4.95. The van der Waals surface area contributed by atoms with Crippen LogP contribution in [0.15, 0.2) is 11.8 Å². The van der Waals surface area contributed by atoms with Crippen molar-refractivity contribution in [2.24, 2.45) is 11.3 Å². The molecule has 0 amide bonds. The lowest BCUT2D eigenvalue weighted by Crippen LogP contribution is -2.28. The van der Waals surface area contributed by atoms with Crippen LogP contribution >= 0.6 is 0 Å². The molecular formula is C14H24F2O2. The quantitative estimate of drug-likeness (QED) is 0.516. The minimum atomic E-state index is -2.51. The Hall–Kier alpha value is -0.930. The molecule has 0 aromatic heterocycles. The van der Waals surface area contributed by atoms with Crippen LogP contribution in [0.5, 0.6) is 0 Å². The van der Waals surface area contributed by atoms with Crippen molar-refractivity contribution in [2.75, 3.05) is 0 Å². The molecule has 0 aromatic rings. The number of alkyl halides is 2. The molecule has 0 bridgehead atoms. The second-order valence-corrected chi connectivity index (χ2v) is 4.96. The third-order valence-corrected chi connectivity index (χ3v) is 3.66. The van der Waals surface area contributed by atoms with Gasteiger partial charge in [0, 0.05) is 23.8 Å². The molecule has 0 aliphatic carbocycles. The summed E-state index contributed by atoms with van der Waals surface area (Å²) >= 11 is 0. The molecule has 1 unspecified atom stereocenters. The van der Waals surface area contributed by atoms with Crippen molar-refractivity contribution in [2.45, 2.75) is 59.8 Å². The SMILES string of the molecule is CCC(CC)/C(O)=C/C(=O)C(C)(CC)CC(F)F. The first-order valence-electron chi connectivity index (χ1n) is 6.53. The number of rotatable bonds is 8. The van der Waals surface area contributed by atoms with Crippen molar-refractivity contribution in [1.82, 2.24) is 0 Å². The molecule has 18 heavy (non-hydrogen) atoms. The topological polar surface area (TPSA) is 37.3 Å². The van der Waals surface area contributed by atoms with Gasteiger partial charge in [-0.25, -0.2) is 8.78 Å². The predicted octanol–water partition coefficient (Wildman–Crippen LogP) is 4.51. The lowest BCUT2D eigenvalue weighted by Gasteiger charge is -2.25. The smallest absolute Gasteiger partial charge is 0.239 e. The fourth-order valence-corrected chi connectivity index (χ4v) is 1.89. The first-order chi connectivity index (χ1) is 8.30. The Morgan fingerprint density at radius 1 is 1.28 bits per heavy atom. The molecule has 0 aliphatic heterocycles. The summed E-state index contributed by atoms with van der Waals surface area (Å²) in [6.07, 6.45) is -0.0442. The van der Waals surface area contributed by atoms with Crippen molar-refractivity contribution >= 4 is 5.78 Å². The standard InChI is InChI=1S/C14H24F2O2/c1-5-10(6-2)11(17)8-12(18)14(4,7-3)9-13(15)16/h8,10,13,17H,5-7,9H2,1-4H3/b11-8-. The van der Waals surface area contributed by atoms with E-state index in [1.165, 1.54) is 6.92 Å². The maximum atomic E-state index is 12.5. The average Bonchev–Trinajstić information content (AvgIpc) is 2.29. The number of halogens is 2. The predicted molar refractivity (Wildman–Crippen MR) is 68.8 cm³/mol. The fraction of sp³-hybridized carbons (Fsp3) is 0.786. The van der Waals surface area contributed by atoms with Crippen LogP contribution < -0.4 is 0 Å². The average molecular weight is 262 g/mol. The van der Waals surface area contributed by atoms with E-state index in [2.05, 4.69) is 0 Å². The zero-order valence-electron chi connectivity index (χ0n) is 11.7. The molecule has 0 aromatic carbocycles. The van der Waals surface area contributed by atoms with Crippen LogP contribution in [0.2, 0.25) is 0 Å². The van der Waals surface area contributed by atoms with Crippen molar-refractivity contribution in [3.63, 3.8) is 0 Å². The number of hydrogen-bond donors (Lipinski definition) is 1. The summed E-state index contributed by atoms with van der Waals surface area (Å²) in [6.45, 7) is 7.07. The Labute approximate surface area is 108 Å². The van der Waals surface area contributed by atoms with Gasteiger partial charge < -0.3 is 5.11 Å². The van der Waals surface area contributed by atoms with E-state index in [1.54, 1.807) is 6.92 Å². The van der Waals surface area contributed by atoms with Gasteiger partial charge in [-0.05, 0) is 19.3 Å². The summed E-state index contributed by atoms with van der Waals surface area (Å²) in [6, 6.07) is 0. The van der Waals surface area contributed by atoms with Gasteiger partial charge in [-0.3, -0.25) is 4.79 Å². The summed E-state index contributed by atoms with van der Waals surface area (Å²) in [5.41, 5.74) is -1.09. The van der Waals surface area contributed by atoms with Crippen molar-refractivity contribution in [1.29, 1.82) is 0 Å². The summed E-state index contributed by atoms with van der Waals surface area (Å²) in [5, 5.41) is 9.83. The van der Waals surface area contributed by atoms with Crippen molar-refractivity contribution in [3.05, 3.63) is 11.8 Å². The Bertz CT molecular complexity index is 296. The number of allylic oxidation sites excluding steroid dienone is 2. The fourth-order valence-electron chi connectivity index (χ4n) is 1.89. The van der Waals surface area contributed by atoms with Crippen LogP contribution in [-0.4, -0.2) is 17.3 Å². The minimum Gasteiger partial charge on any atom is -0.512 e. The van der Waals surface area contributed by atoms with E-state index in [1.807, 2.05) is 13.8 Å². The third kappa shape index (κ3) is 4.75. The molecule has 0 aliphatic rings. The van der Waals surface area contributed by atoms with Crippen LogP contribution in [0.1, 0.15) is 53.4 Å². The van der Waals surface area contributed by atoms with Gasteiger partial charge in [-0.1, -0.05) is 27.7 Å². The lowest BCUT2D eigenvalue weighted by atomic mass is 9.79. The van der Waals surface area contributed by atoms with E-state index in [0.717, 1.165) is 18.9 Å². The zero-order valence-corrected chi connectivity index (χ0v) is 11.7. The van der Waals surface area contributed by atoms with Gasteiger partial charge in [0.05, 0.1) is 5.76 Å². The number of carbonyl (C=O) groups excluding carboxylic acids is 1. The summed E-state index contributed by atoms with van der Waals surface area (Å²) < 4.78 is 24.9. The van der Waals surface area contributed by atoms with E-state index in [4.69, 9.17) is 0 Å². The van der Waals surface area contributed by atoms with E-state index in [9.17, 15) is 18.7 Å². The largest absolute Gasteiger partial charge is 0.512 e. The van der Waals surface area contributed by atoms with Gasteiger partial charge >= 0.3 is 0 Å². The zero-order chi connectivity index (χ0) is 14.3. The highest BCUT2D eigenvalue weighted by atomic mass is 19.3. The highest BCUT2D eigenvalue weighted by molar-refractivity contribution is 5.94. The number of aliphatic hydroxyl groups is 1. The van der Waals surface area contributed by atoms with Crippen molar-refractivity contribution < 1.29 is 18.7 Å². The molecule has 0 fully saturated rings. The van der Waals surface area contributed by atoms with Gasteiger partial charge in [0.1, 0.15) is 0 Å². The minimum absolute atomic E-state index is 0.0129. The maximum absolute atomic E-state index is 12.5. The summed E-state index contributed by atoms with van der Waals surface area (Å²) in [7, 11) is 0. The van der Waals surface area contributed by atoms with Gasteiger partial charge in [0.15, 0.2) is 5.78 Å². The van der Waals surface area contributed by atoms with E-state index < -0.39 is 24.0 Å². The Morgan fingerprint density at radius 2 is 1.78 bits per heavy atom. The van der Waals surface area contributed by atoms with Crippen LogP contribution in [0.4, 0.5) is 8.78 Å². The first kappa shape index (κ1) is 17.1. The molecule has 0 spiro atoms. The highest BCUT2D eigenvalue weighted by Crippen LogP contribution is 2.31. The molecule has 106 valence electrons. The van der Waals surface area contributed by atoms with Gasteiger partial charge in [-0.15, -0.1) is 0 Å². The molecule has 1 N–H and O–H groups in total. The Kier molecular flexibility index (Phi) is 7.11. The first-order valence-corrected chi connectivity index (χ1v) is 6.53. The number of aliphatic hydroxyl groups excluding tert-OH is 1. The molecule has 2 nitrogen and oxygen atoms in total. The maximum Gasteiger partial charge on any atom is 0.239 e. The van der Waals surface area contributed by atoms with Crippen molar-refractivity contribution in [3.8, 4) is 0 Å². The molecule has 1 atom stereocenters. The highest BCUT2D eigenvalue weighted by Gasteiger charge is 2.33. The third-order valence-electron chi connectivity index (χ3n) is 3.66. The molecule has 0 saturated carbocycles. The van der Waals surface area contributed by atoms with Gasteiger partial charge in [-0.2, -0.15) is 0 Å². The molecule has 0 radical (unpaired) electrons.